The molecule has 0 unspecified atom stereocenters. The Morgan fingerprint density at radius 3 is 2.13 bits per heavy atom. The lowest BCUT2D eigenvalue weighted by Crippen LogP contribution is -2.15. The minimum atomic E-state index is -3.84. The summed E-state index contributed by atoms with van der Waals surface area (Å²) in [6.45, 7) is 1.96. The maximum Gasteiger partial charge on any atom is 0.264 e. The van der Waals surface area contributed by atoms with Gasteiger partial charge in [-0.05, 0) is 36.8 Å². The van der Waals surface area contributed by atoms with E-state index in [0.29, 0.717) is 11.4 Å². The molecule has 150 valence electrons. The number of nitrogens with zero attached hydrogens (tertiary/aromatic N) is 2. The molecule has 1 heterocycles. The van der Waals surface area contributed by atoms with Crippen LogP contribution in [0.25, 0.3) is 11.3 Å². The lowest BCUT2D eigenvalue weighted by molar-refractivity contribution is 0.463. The third kappa shape index (κ3) is 4.47. The van der Waals surface area contributed by atoms with Gasteiger partial charge in [-0.3, -0.25) is 0 Å². The molecule has 4 rings (SSSR count). The number of nitrogens with one attached hydrogen (secondary N) is 1. The molecule has 1 N–H and O–H groups in total. The quantitative estimate of drug-likeness (QED) is 0.475. The average Bonchev–Trinajstić information content (AvgIpc) is 2.75. The van der Waals surface area contributed by atoms with Crippen molar-refractivity contribution in [3.05, 3.63) is 96.6 Å². The molecule has 0 aliphatic rings. The highest BCUT2D eigenvalue weighted by molar-refractivity contribution is 7.92. The number of para-hydroxylation sites is 1. The molecule has 0 atom stereocenters. The number of benzene rings is 3. The molecule has 0 fully saturated rings. The van der Waals surface area contributed by atoms with E-state index in [0.717, 1.165) is 11.1 Å². The van der Waals surface area contributed by atoms with Crippen LogP contribution in [0.5, 0.6) is 11.6 Å². The summed E-state index contributed by atoms with van der Waals surface area (Å²) in [5.41, 5.74) is 2.41. The average molecular weight is 417 g/mol. The predicted molar refractivity (Wildman–Crippen MR) is 116 cm³/mol. The van der Waals surface area contributed by atoms with Gasteiger partial charge in [0.2, 0.25) is 11.8 Å². The van der Waals surface area contributed by atoms with Gasteiger partial charge in [0.15, 0.2) is 0 Å². The van der Waals surface area contributed by atoms with Crippen LogP contribution in [-0.4, -0.2) is 18.4 Å². The Kier molecular flexibility index (Phi) is 5.45. The maximum absolute atomic E-state index is 12.8. The second-order valence-corrected chi connectivity index (χ2v) is 8.25. The molecule has 3 aromatic carbocycles. The van der Waals surface area contributed by atoms with E-state index in [4.69, 9.17) is 4.74 Å². The Labute approximate surface area is 175 Å². The monoisotopic (exact) mass is 417 g/mol. The van der Waals surface area contributed by atoms with E-state index in [9.17, 15) is 8.42 Å². The molecule has 0 saturated carbocycles. The van der Waals surface area contributed by atoms with Crippen LogP contribution >= 0.6 is 0 Å². The number of hydrogen-bond acceptors (Lipinski definition) is 5. The number of hydrogen-bond donors (Lipinski definition) is 1. The Balaban J connectivity index is 1.76. The highest BCUT2D eigenvalue weighted by Gasteiger charge is 2.18. The van der Waals surface area contributed by atoms with E-state index < -0.39 is 10.0 Å². The van der Waals surface area contributed by atoms with Gasteiger partial charge in [0.1, 0.15) is 5.75 Å². The van der Waals surface area contributed by atoms with Crippen LogP contribution in [0.2, 0.25) is 0 Å². The van der Waals surface area contributed by atoms with Crippen molar-refractivity contribution in [2.24, 2.45) is 0 Å². The maximum atomic E-state index is 12.8. The van der Waals surface area contributed by atoms with Crippen molar-refractivity contribution >= 4 is 16.0 Å². The molecule has 0 spiro atoms. The van der Waals surface area contributed by atoms with Gasteiger partial charge in [0.25, 0.3) is 10.0 Å². The van der Waals surface area contributed by atoms with Gasteiger partial charge >= 0.3 is 0 Å². The van der Waals surface area contributed by atoms with Gasteiger partial charge in [0, 0.05) is 11.6 Å². The first-order valence-electron chi connectivity index (χ1n) is 9.27. The summed E-state index contributed by atoms with van der Waals surface area (Å²) in [4.78, 5) is 8.83. The van der Waals surface area contributed by atoms with Gasteiger partial charge in [-0.15, -0.1) is 0 Å². The molecule has 4 aromatic rings. The molecular weight excluding hydrogens is 398 g/mol. The van der Waals surface area contributed by atoms with Crippen molar-refractivity contribution in [2.75, 3.05) is 4.72 Å². The number of sulfonamides is 1. The Bertz CT molecular complexity index is 1260. The first kappa shape index (κ1) is 19.6. The normalized spacial score (nSPS) is 11.1. The predicted octanol–water partition coefficient (Wildman–Crippen LogP) is 5.05. The third-order valence-electron chi connectivity index (χ3n) is 4.37. The summed E-state index contributed by atoms with van der Waals surface area (Å²) in [6, 6.07) is 26.6. The fourth-order valence-electron chi connectivity index (χ4n) is 2.91. The molecule has 1 aromatic heterocycles. The summed E-state index contributed by atoms with van der Waals surface area (Å²) in [5.74, 6) is 0.759. The second kappa shape index (κ2) is 8.34. The van der Waals surface area contributed by atoms with E-state index in [1.165, 1.54) is 12.1 Å². The largest absolute Gasteiger partial charge is 0.439 e. The molecule has 0 bridgehead atoms. The number of ether oxygens (including phenoxy) is 1. The Morgan fingerprint density at radius 1 is 0.800 bits per heavy atom. The summed E-state index contributed by atoms with van der Waals surface area (Å²) < 4.78 is 33.8. The van der Waals surface area contributed by atoms with Crippen molar-refractivity contribution in [2.45, 2.75) is 11.8 Å². The molecule has 0 radical (unpaired) electrons. The van der Waals surface area contributed by atoms with E-state index in [1.54, 1.807) is 36.4 Å². The van der Waals surface area contributed by atoms with E-state index in [1.807, 2.05) is 49.4 Å². The fourth-order valence-corrected chi connectivity index (χ4v) is 3.87. The summed E-state index contributed by atoms with van der Waals surface area (Å²) in [5, 5.41) is 0. The minimum Gasteiger partial charge on any atom is -0.439 e. The van der Waals surface area contributed by atoms with Gasteiger partial charge in [-0.25, -0.2) is 18.1 Å². The lowest BCUT2D eigenvalue weighted by Gasteiger charge is -2.12. The standard InChI is InChI=1S/C23H19N3O3S/c1-17-10-8-9-15-20(17)21-16-22(29-18-11-4-2-5-12-18)25-23(24-21)26-30(27,28)19-13-6-3-7-14-19/h2-16H,1H3,(H,24,25,26). The molecule has 7 heteroatoms. The second-order valence-electron chi connectivity index (χ2n) is 6.56. The van der Waals surface area contributed by atoms with E-state index in [2.05, 4.69) is 14.7 Å². The zero-order chi connectivity index (χ0) is 21.0. The third-order valence-corrected chi connectivity index (χ3v) is 5.71. The van der Waals surface area contributed by atoms with Crippen molar-refractivity contribution in [1.29, 1.82) is 0 Å². The number of aromatic nitrogens is 2. The number of anilines is 1. The number of rotatable bonds is 6. The van der Waals surface area contributed by atoms with Gasteiger partial charge in [-0.1, -0.05) is 60.7 Å². The van der Waals surface area contributed by atoms with Gasteiger partial charge < -0.3 is 4.74 Å². The van der Waals surface area contributed by atoms with Crippen LogP contribution in [-0.2, 0) is 10.0 Å². The first-order valence-corrected chi connectivity index (χ1v) is 10.8. The van der Waals surface area contributed by atoms with Crippen LogP contribution < -0.4 is 9.46 Å². The minimum absolute atomic E-state index is 0.0643. The summed E-state index contributed by atoms with van der Waals surface area (Å²) >= 11 is 0. The fraction of sp³-hybridized carbons (Fsp3) is 0.0435. The molecule has 0 saturated heterocycles. The van der Waals surface area contributed by atoms with Crippen LogP contribution in [0, 0.1) is 6.92 Å². The zero-order valence-electron chi connectivity index (χ0n) is 16.2. The van der Waals surface area contributed by atoms with Crippen molar-refractivity contribution in [3.63, 3.8) is 0 Å². The smallest absolute Gasteiger partial charge is 0.264 e. The molecular formula is C23H19N3O3S. The lowest BCUT2D eigenvalue weighted by atomic mass is 10.1. The van der Waals surface area contributed by atoms with Crippen molar-refractivity contribution in [3.8, 4) is 22.9 Å². The van der Waals surface area contributed by atoms with Crippen LogP contribution in [0.4, 0.5) is 5.95 Å². The van der Waals surface area contributed by atoms with Crippen LogP contribution in [0.1, 0.15) is 5.56 Å². The molecule has 6 nitrogen and oxygen atoms in total. The molecule has 0 aliphatic heterocycles. The van der Waals surface area contributed by atoms with Gasteiger partial charge in [0.05, 0.1) is 10.6 Å². The Hall–Kier alpha value is -3.71. The highest BCUT2D eigenvalue weighted by Crippen LogP contribution is 2.28. The topological polar surface area (TPSA) is 81.2 Å². The first-order chi connectivity index (χ1) is 14.5. The van der Waals surface area contributed by atoms with Crippen LogP contribution in [0.15, 0.2) is 95.9 Å². The van der Waals surface area contributed by atoms with E-state index in [-0.39, 0.29) is 16.7 Å². The molecule has 0 amide bonds. The number of aryl methyl sites for hydroxylation is 1. The Morgan fingerprint density at radius 2 is 1.43 bits per heavy atom. The SMILES string of the molecule is Cc1ccccc1-c1cc(Oc2ccccc2)nc(NS(=O)(=O)c2ccccc2)n1. The van der Waals surface area contributed by atoms with Gasteiger partial charge in [-0.2, -0.15) is 4.98 Å². The zero-order valence-corrected chi connectivity index (χ0v) is 17.0. The van der Waals surface area contributed by atoms with Crippen LogP contribution in [0.3, 0.4) is 0 Å². The van der Waals surface area contributed by atoms with E-state index >= 15 is 0 Å². The highest BCUT2D eigenvalue weighted by atomic mass is 32.2. The summed E-state index contributed by atoms with van der Waals surface area (Å²) in [6.07, 6.45) is 0. The van der Waals surface area contributed by atoms with Crippen molar-refractivity contribution < 1.29 is 13.2 Å². The molecule has 0 aliphatic carbocycles. The van der Waals surface area contributed by atoms with Crippen molar-refractivity contribution in [1.82, 2.24) is 9.97 Å². The summed E-state index contributed by atoms with van der Waals surface area (Å²) in [7, 11) is -3.84. The molecule has 30 heavy (non-hydrogen) atoms.